The summed E-state index contributed by atoms with van der Waals surface area (Å²) in [5, 5.41) is 10.3. The number of aryl methyl sites for hydroxylation is 2. The van der Waals surface area contributed by atoms with Crippen LogP contribution in [0.25, 0.3) is 16.9 Å². The number of imidazole rings is 1. The van der Waals surface area contributed by atoms with E-state index in [0.717, 1.165) is 10.1 Å². The number of fused-ring (bicyclic) bond motifs is 1. The minimum Gasteiger partial charge on any atom is -0.397 e. The third-order valence-corrected chi connectivity index (χ3v) is 4.43. The van der Waals surface area contributed by atoms with Crippen molar-refractivity contribution >= 4 is 22.8 Å². The van der Waals surface area contributed by atoms with Crippen LogP contribution in [0.2, 0.25) is 0 Å². The van der Waals surface area contributed by atoms with Crippen molar-refractivity contribution in [1.29, 1.82) is 0 Å². The number of benzene rings is 1. The molecule has 0 saturated heterocycles. The van der Waals surface area contributed by atoms with Crippen molar-refractivity contribution in [2.75, 3.05) is 5.01 Å². The van der Waals surface area contributed by atoms with Gasteiger partial charge >= 0.3 is 5.69 Å². The second-order valence-electron chi connectivity index (χ2n) is 6.20. The van der Waals surface area contributed by atoms with E-state index >= 15 is 0 Å². The average Bonchev–Trinajstić information content (AvgIpc) is 3.02. The Morgan fingerprint density at radius 1 is 1.15 bits per heavy atom. The summed E-state index contributed by atoms with van der Waals surface area (Å²) in [5.74, 6) is 6.34. The molecule has 10 heteroatoms. The van der Waals surface area contributed by atoms with Crippen LogP contribution in [-0.2, 0) is 27.7 Å². The molecular weight excluding hydrogens is 350 g/mol. The second kappa shape index (κ2) is 6.74. The summed E-state index contributed by atoms with van der Waals surface area (Å²) in [6.45, 7) is -0.0551. The molecule has 0 spiro atoms. The lowest BCUT2D eigenvalue weighted by molar-refractivity contribution is 0.282. The summed E-state index contributed by atoms with van der Waals surface area (Å²) in [6, 6.07) is 7.04. The number of nitrogens with two attached hydrogens (primary N) is 2. The third kappa shape index (κ3) is 3.00. The molecule has 0 saturated carbocycles. The van der Waals surface area contributed by atoms with Crippen molar-refractivity contribution in [2.45, 2.75) is 6.61 Å². The number of anilines is 1. The van der Waals surface area contributed by atoms with E-state index in [9.17, 15) is 9.59 Å². The summed E-state index contributed by atoms with van der Waals surface area (Å²) in [5.41, 5.74) is 7.50. The Kier molecular flexibility index (Phi) is 4.60. The number of hydrogen-bond acceptors (Lipinski definition) is 7. The van der Waals surface area contributed by atoms with Gasteiger partial charge in [0.05, 0.1) is 12.3 Å². The van der Waals surface area contributed by atoms with Gasteiger partial charge in [0, 0.05) is 27.3 Å². The Balaban J connectivity index is 2.07. The van der Waals surface area contributed by atoms with Gasteiger partial charge in [-0.3, -0.25) is 18.9 Å². The molecule has 5 N–H and O–H groups in total. The second-order valence-corrected chi connectivity index (χ2v) is 6.20. The first-order valence-corrected chi connectivity index (χ1v) is 8.10. The zero-order valence-electron chi connectivity index (χ0n) is 15.2. The van der Waals surface area contributed by atoms with Crippen LogP contribution >= 0.6 is 0 Å². The number of aromatic nitrogens is 4. The average molecular weight is 371 g/mol. The standard InChI is InChI=1S/C17H21N7O3/c1-21-13-14(22(2)17(27)23(3)15(13)26)20-16(21)24(19)8-12(18)11-6-4-10(9-25)5-7-11/h4-8,25H,9,18-19H2,1-3H3/b12-8-. The first kappa shape index (κ1) is 18.4. The molecular formula is C17H21N7O3. The van der Waals surface area contributed by atoms with Gasteiger partial charge in [-0.05, 0) is 11.1 Å². The first-order valence-electron chi connectivity index (χ1n) is 8.10. The summed E-state index contributed by atoms with van der Waals surface area (Å²) >= 11 is 0. The largest absolute Gasteiger partial charge is 0.397 e. The lowest BCUT2D eigenvalue weighted by atomic mass is 10.1. The number of nitrogens with zero attached hydrogens (tertiary/aromatic N) is 5. The molecule has 0 bridgehead atoms. The van der Waals surface area contributed by atoms with Crippen LogP contribution in [0.15, 0.2) is 40.1 Å². The molecule has 1 aromatic carbocycles. The number of hydrazine groups is 1. The molecule has 0 fully saturated rings. The Bertz CT molecular complexity index is 1150. The SMILES string of the molecule is Cn1c(=O)c2c(nc(N(N)/C=C(\N)c3ccc(CO)cc3)n2C)n(C)c1=O. The Morgan fingerprint density at radius 3 is 2.37 bits per heavy atom. The van der Waals surface area contributed by atoms with Crippen LogP contribution in [0, 0.1) is 0 Å². The van der Waals surface area contributed by atoms with Gasteiger partial charge in [-0.2, -0.15) is 4.98 Å². The monoisotopic (exact) mass is 371 g/mol. The molecule has 27 heavy (non-hydrogen) atoms. The van der Waals surface area contributed by atoms with Crippen LogP contribution in [-0.4, -0.2) is 23.8 Å². The van der Waals surface area contributed by atoms with Gasteiger partial charge < -0.3 is 15.4 Å². The number of aliphatic hydroxyl groups is 1. The molecule has 0 radical (unpaired) electrons. The van der Waals surface area contributed by atoms with E-state index in [2.05, 4.69) is 4.98 Å². The molecule has 0 aliphatic heterocycles. The minimum atomic E-state index is -0.472. The molecule has 3 rings (SSSR count). The van der Waals surface area contributed by atoms with E-state index in [1.807, 2.05) is 0 Å². The maximum atomic E-state index is 12.4. The molecule has 2 heterocycles. The zero-order valence-corrected chi connectivity index (χ0v) is 15.2. The number of aliphatic hydroxyl groups excluding tert-OH is 1. The Labute approximate surface area is 154 Å². The highest BCUT2D eigenvalue weighted by Gasteiger charge is 2.19. The maximum absolute atomic E-state index is 12.4. The predicted octanol–water partition coefficient (Wildman–Crippen LogP) is -0.900. The smallest absolute Gasteiger partial charge is 0.332 e. The van der Waals surface area contributed by atoms with Gasteiger partial charge in [0.25, 0.3) is 5.56 Å². The van der Waals surface area contributed by atoms with E-state index in [-0.39, 0.29) is 23.7 Å². The third-order valence-electron chi connectivity index (χ3n) is 4.43. The van der Waals surface area contributed by atoms with E-state index in [1.165, 1.54) is 34.4 Å². The minimum absolute atomic E-state index is 0.0551. The molecule has 0 aliphatic rings. The number of hydrogen-bond donors (Lipinski definition) is 3. The van der Waals surface area contributed by atoms with Crippen molar-refractivity contribution in [3.8, 4) is 0 Å². The van der Waals surface area contributed by atoms with Crippen molar-refractivity contribution in [1.82, 2.24) is 18.7 Å². The topological polar surface area (TPSA) is 137 Å². The van der Waals surface area contributed by atoms with E-state index in [0.29, 0.717) is 11.3 Å². The molecule has 0 amide bonds. The molecule has 3 aromatic rings. The van der Waals surface area contributed by atoms with Gasteiger partial charge in [-0.1, -0.05) is 24.3 Å². The molecule has 142 valence electrons. The van der Waals surface area contributed by atoms with E-state index in [4.69, 9.17) is 16.7 Å². The zero-order chi connectivity index (χ0) is 19.9. The van der Waals surface area contributed by atoms with Crippen LogP contribution in [0.3, 0.4) is 0 Å². The Hall–Kier alpha value is -3.37. The van der Waals surface area contributed by atoms with Crippen LogP contribution < -0.4 is 27.8 Å². The molecule has 2 aromatic heterocycles. The van der Waals surface area contributed by atoms with Gasteiger partial charge in [0.1, 0.15) is 0 Å². The molecule has 10 nitrogen and oxygen atoms in total. The fourth-order valence-electron chi connectivity index (χ4n) is 2.82. The quantitative estimate of drug-likeness (QED) is 0.399. The van der Waals surface area contributed by atoms with Crippen molar-refractivity contribution in [2.24, 2.45) is 32.7 Å². The molecule has 0 atom stereocenters. The summed E-state index contributed by atoms with van der Waals surface area (Å²) in [6.07, 6.45) is 1.47. The highest BCUT2D eigenvalue weighted by Crippen LogP contribution is 2.18. The molecule has 0 unspecified atom stereocenters. The van der Waals surface area contributed by atoms with Gasteiger partial charge in [-0.15, -0.1) is 0 Å². The van der Waals surface area contributed by atoms with E-state index in [1.54, 1.807) is 31.3 Å². The van der Waals surface area contributed by atoms with Crippen LogP contribution in [0.4, 0.5) is 5.95 Å². The van der Waals surface area contributed by atoms with Crippen molar-refractivity contribution in [3.05, 3.63) is 62.4 Å². The van der Waals surface area contributed by atoms with Crippen molar-refractivity contribution < 1.29 is 5.11 Å². The van der Waals surface area contributed by atoms with Gasteiger partial charge in [0.15, 0.2) is 11.2 Å². The van der Waals surface area contributed by atoms with Crippen molar-refractivity contribution in [3.63, 3.8) is 0 Å². The normalized spacial score (nSPS) is 12.0. The fourth-order valence-corrected chi connectivity index (χ4v) is 2.82. The van der Waals surface area contributed by atoms with Gasteiger partial charge in [0.2, 0.25) is 5.95 Å². The highest BCUT2D eigenvalue weighted by atomic mass is 16.3. The summed E-state index contributed by atoms with van der Waals surface area (Å²) < 4.78 is 3.81. The highest BCUT2D eigenvalue weighted by molar-refractivity contribution is 5.75. The summed E-state index contributed by atoms with van der Waals surface area (Å²) in [4.78, 5) is 28.9. The molecule has 0 aliphatic carbocycles. The van der Waals surface area contributed by atoms with Gasteiger partial charge in [-0.25, -0.2) is 10.6 Å². The maximum Gasteiger partial charge on any atom is 0.332 e. The summed E-state index contributed by atoms with van der Waals surface area (Å²) in [7, 11) is 4.58. The van der Waals surface area contributed by atoms with E-state index < -0.39 is 11.2 Å². The fraction of sp³-hybridized carbons (Fsp3) is 0.235. The predicted molar refractivity (Wildman–Crippen MR) is 102 cm³/mol. The number of rotatable bonds is 4. The van der Waals surface area contributed by atoms with Crippen LogP contribution in [0.1, 0.15) is 11.1 Å². The lowest BCUT2D eigenvalue weighted by Gasteiger charge is -2.14. The first-order chi connectivity index (χ1) is 12.8. The Morgan fingerprint density at radius 2 is 1.78 bits per heavy atom. The lowest BCUT2D eigenvalue weighted by Crippen LogP contribution is -2.37. The van der Waals surface area contributed by atoms with Crippen LogP contribution in [0.5, 0.6) is 0 Å².